The summed E-state index contributed by atoms with van der Waals surface area (Å²) >= 11 is 0. The Morgan fingerprint density at radius 2 is 2.04 bits per heavy atom. The van der Waals surface area contributed by atoms with Crippen LogP contribution in [0, 0.1) is 5.82 Å². The van der Waals surface area contributed by atoms with Crippen LogP contribution in [-0.2, 0) is 28.6 Å². The zero-order valence-corrected chi connectivity index (χ0v) is 14.3. The van der Waals surface area contributed by atoms with E-state index in [-0.39, 0.29) is 17.4 Å². The SMILES string of the molecule is C[C@@H](Cc1ccc2c(c1)CCO2)NS(=O)(=O)Cc1ccccc1F. The molecule has 1 N–H and O–H groups in total. The summed E-state index contributed by atoms with van der Waals surface area (Å²) < 4.78 is 46.2. The molecule has 0 unspecified atom stereocenters. The average Bonchev–Trinajstić information content (AvgIpc) is 2.96. The molecular formula is C18H20FNO3S. The standard InChI is InChI=1S/C18H20FNO3S/c1-13(10-14-6-7-18-15(11-14)8-9-23-18)20-24(21,22)12-16-4-2-3-5-17(16)19/h2-7,11,13,20H,8-10,12H2,1H3/t13-/m0/s1. The highest BCUT2D eigenvalue weighted by molar-refractivity contribution is 7.88. The van der Waals surface area contributed by atoms with Crippen LogP contribution in [0.5, 0.6) is 5.75 Å². The van der Waals surface area contributed by atoms with Crippen LogP contribution in [0.3, 0.4) is 0 Å². The lowest BCUT2D eigenvalue weighted by Crippen LogP contribution is -2.35. The van der Waals surface area contributed by atoms with Crippen molar-refractivity contribution in [1.29, 1.82) is 0 Å². The van der Waals surface area contributed by atoms with Gasteiger partial charge in [0.25, 0.3) is 0 Å². The van der Waals surface area contributed by atoms with E-state index in [0.717, 1.165) is 23.3 Å². The van der Waals surface area contributed by atoms with Gasteiger partial charge >= 0.3 is 0 Å². The minimum atomic E-state index is -3.60. The van der Waals surface area contributed by atoms with Crippen molar-refractivity contribution in [1.82, 2.24) is 4.72 Å². The van der Waals surface area contributed by atoms with E-state index in [0.29, 0.717) is 13.0 Å². The van der Waals surface area contributed by atoms with Crippen molar-refractivity contribution in [2.24, 2.45) is 0 Å². The number of nitrogens with one attached hydrogen (secondary N) is 1. The third kappa shape index (κ3) is 4.13. The summed E-state index contributed by atoms with van der Waals surface area (Å²) in [7, 11) is -3.60. The van der Waals surface area contributed by atoms with Crippen molar-refractivity contribution in [3.05, 3.63) is 65.0 Å². The van der Waals surface area contributed by atoms with Crippen LogP contribution in [-0.4, -0.2) is 21.1 Å². The first kappa shape index (κ1) is 16.9. The Bertz CT molecular complexity index is 836. The normalized spacial score (nSPS) is 14.9. The fourth-order valence-corrected chi connectivity index (χ4v) is 4.35. The summed E-state index contributed by atoms with van der Waals surface area (Å²) in [5.41, 5.74) is 2.39. The molecule has 0 saturated carbocycles. The molecule has 6 heteroatoms. The highest BCUT2D eigenvalue weighted by Gasteiger charge is 2.18. The molecule has 0 bridgehead atoms. The third-order valence-electron chi connectivity index (χ3n) is 3.98. The van der Waals surface area contributed by atoms with E-state index in [1.807, 2.05) is 19.1 Å². The Balaban J connectivity index is 1.63. The van der Waals surface area contributed by atoms with Crippen molar-refractivity contribution < 1.29 is 17.5 Å². The van der Waals surface area contributed by atoms with E-state index in [4.69, 9.17) is 4.74 Å². The Kier molecular flexibility index (Phi) is 4.87. The lowest BCUT2D eigenvalue weighted by Gasteiger charge is -2.15. The first-order chi connectivity index (χ1) is 11.4. The maximum absolute atomic E-state index is 13.6. The molecule has 2 aromatic rings. The fraction of sp³-hybridized carbons (Fsp3) is 0.333. The van der Waals surface area contributed by atoms with Crippen LogP contribution in [0.1, 0.15) is 23.6 Å². The smallest absolute Gasteiger partial charge is 0.216 e. The second kappa shape index (κ2) is 6.91. The van der Waals surface area contributed by atoms with Crippen molar-refractivity contribution in [2.45, 2.75) is 31.6 Å². The Hall–Kier alpha value is -1.92. The fourth-order valence-electron chi connectivity index (χ4n) is 2.93. The summed E-state index contributed by atoms with van der Waals surface area (Å²) in [6, 6.07) is 11.6. The number of halogens is 1. The van der Waals surface area contributed by atoms with E-state index in [2.05, 4.69) is 10.8 Å². The summed E-state index contributed by atoms with van der Waals surface area (Å²) in [6.07, 6.45) is 1.46. The van der Waals surface area contributed by atoms with Gasteiger partial charge in [-0.15, -0.1) is 0 Å². The highest BCUT2D eigenvalue weighted by atomic mass is 32.2. The molecule has 1 atom stereocenters. The van der Waals surface area contributed by atoms with Gasteiger partial charge in [-0.25, -0.2) is 17.5 Å². The number of ether oxygens (including phenoxy) is 1. The number of hydrogen-bond donors (Lipinski definition) is 1. The molecule has 0 saturated heterocycles. The molecule has 0 spiro atoms. The zero-order valence-electron chi connectivity index (χ0n) is 13.5. The Morgan fingerprint density at radius 3 is 2.83 bits per heavy atom. The molecule has 128 valence electrons. The topological polar surface area (TPSA) is 55.4 Å². The van der Waals surface area contributed by atoms with Gasteiger partial charge < -0.3 is 4.74 Å². The van der Waals surface area contributed by atoms with Crippen LogP contribution in [0.2, 0.25) is 0 Å². The number of benzene rings is 2. The predicted octanol–water partition coefficient (Wildman–Crippen LogP) is 2.81. The number of fused-ring (bicyclic) bond motifs is 1. The van der Waals surface area contributed by atoms with Gasteiger partial charge in [0, 0.05) is 18.0 Å². The Morgan fingerprint density at radius 1 is 1.25 bits per heavy atom. The summed E-state index contributed by atoms with van der Waals surface area (Å²) in [6.45, 7) is 2.51. The molecule has 0 radical (unpaired) electrons. The van der Waals surface area contributed by atoms with E-state index < -0.39 is 15.8 Å². The summed E-state index contributed by atoms with van der Waals surface area (Å²) in [5.74, 6) is 0.0443. The molecule has 0 aliphatic carbocycles. The maximum atomic E-state index is 13.6. The Labute approximate surface area is 141 Å². The van der Waals surface area contributed by atoms with Gasteiger partial charge in [0.05, 0.1) is 12.4 Å². The van der Waals surface area contributed by atoms with Crippen LogP contribution < -0.4 is 9.46 Å². The van der Waals surface area contributed by atoms with Crippen LogP contribution in [0.25, 0.3) is 0 Å². The average molecular weight is 349 g/mol. The first-order valence-corrected chi connectivity index (χ1v) is 9.56. The number of rotatable bonds is 6. The third-order valence-corrected chi connectivity index (χ3v) is 5.43. The van der Waals surface area contributed by atoms with E-state index in [1.54, 1.807) is 12.1 Å². The minimum absolute atomic E-state index is 0.173. The van der Waals surface area contributed by atoms with Gasteiger partial charge in [0.2, 0.25) is 10.0 Å². The predicted molar refractivity (Wildman–Crippen MR) is 91.0 cm³/mol. The number of sulfonamides is 1. The molecule has 0 amide bonds. The van der Waals surface area contributed by atoms with E-state index in [1.165, 1.54) is 12.1 Å². The maximum Gasteiger partial charge on any atom is 0.216 e. The molecule has 24 heavy (non-hydrogen) atoms. The van der Waals surface area contributed by atoms with E-state index in [9.17, 15) is 12.8 Å². The summed E-state index contributed by atoms with van der Waals surface area (Å²) in [4.78, 5) is 0. The van der Waals surface area contributed by atoms with E-state index >= 15 is 0 Å². The molecule has 1 aliphatic heterocycles. The number of hydrogen-bond acceptors (Lipinski definition) is 3. The van der Waals surface area contributed by atoms with Gasteiger partial charge in [-0.05, 0) is 36.6 Å². The lowest BCUT2D eigenvalue weighted by atomic mass is 10.0. The molecule has 1 aliphatic rings. The molecule has 4 nitrogen and oxygen atoms in total. The van der Waals surface area contributed by atoms with Crippen molar-refractivity contribution in [3.8, 4) is 5.75 Å². The second-order valence-corrected chi connectivity index (χ2v) is 7.87. The second-order valence-electron chi connectivity index (χ2n) is 6.11. The van der Waals surface area contributed by atoms with Gasteiger partial charge in [-0.2, -0.15) is 0 Å². The minimum Gasteiger partial charge on any atom is -0.493 e. The van der Waals surface area contributed by atoms with Gasteiger partial charge in [-0.1, -0.05) is 30.3 Å². The molecule has 2 aromatic carbocycles. The van der Waals surface area contributed by atoms with Gasteiger partial charge in [-0.3, -0.25) is 0 Å². The van der Waals surface area contributed by atoms with Crippen LogP contribution in [0.15, 0.2) is 42.5 Å². The lowest BCUT2D eigenvalue weighted by molar-refractivity contribution is 0.357. The van der Waals surface area contributed by atoms with Gasteiger partial charge in [0.1, 0.15) is 11.6 Å². The molecule has 3 rings (SSSR count). The molecule has 0 aromatic heterocycles. The van der Waals surface area contributed by atoms with Crippen LogP contribution >= 0.6 is 0 Å². The monoisotopic (exact) mass is 349 g/mol. The van der Waals surface area contributed by atoms with Gasteiger partial charge in [0.15, 0.2) is 0 Å². The van der Waals surface area contributed by atoms with Crippen LogP contribution in [0.4, 0.5) is 4.39 Å². The molecule has 1 heterocycles. The quantitative estimate of drug-likeness (QED) is 0.872. The van der Waals surface area contributed by atoms with Crippen molar-refractivity contribution >= 4 is 10.0 Å². The largest absolute Gasteiger partial charge is 0.493 e. The van der Waals surface area contributed by atoms with Crippen molar-refractivity contribution in [3.63, 3.8) is 0 Å². The molecule has 0 fully saturated rings. The zero-order chi connectivity index (χ0) is 17.2. The highest BCUT2D eigenvalue weighted by Crippen LogP contribution is 2.26. The first-order valence-electron chi connectivity index (χ1n) is 7.91. The summed E-state index contributed by atoms with van der Waals surface area (Å²) in [5, 5.41) is 0. The van der Waals surface area contributed by atoms with Crippen molar-refractivity contribution in [2.75, 3.05) is 6.61 Å². The molecular weight excluding hydrogens is 329 g/mol.